The van der Waals surface area contributed by atoms with Crippen molar-refractivity contribution in [3.05, 3.63) is 344 Å². The number of hydrogen-bond acceptors (Lipinski definition) is 14. The Labute approximate surface area is 872 Å². The van der Waals surface area contributed by atoms with E-state index in [9.17, 15) is 55.8 Å². The molecule has 0 aromatic heterocycles. The van der Waals surface area contributed by atoms with Gasteiger partial charge in [-0.25, -0.2) is 22.0 Å². The summed E-state index contributed by atoms with van der Waals surface area (Å²) in [6, 6.07) is 57.5. The van der Waals surface area contributed by atoms with Gasteiger partial charge in [0.1, 0.15) is 85.7 Å². The number of amides is 6. The van der Waals surface area contributed by atoms with E-state index in [-0.39, 0.29) is 95.6 Å². The van der Waals surface area contributed by atoms with Crippen molar-refractivity contribution in [1.82, 2.24) is 0 Å². The first-order valence-electron chi connectivity index (χ1n) is 50.9. The maximum absolute atomic E-state index is 14.1. The van der Waals surface area contributed by atoms with Gasteiger partial charge in [-0.15, -0.1) is 0 Å². The smallest absolute Gasteiger partial charge is 0.267 e. The van der Waals surface area contributed by atoms with Crippen LogP contribution in [0.3, 0.4) is 0 Å². The van der Waals surface area contributed by atoms with Gasteiger partial charge in [0.15, 0.2) is 0 Å². The van der Waals surface area contributed by atoms with Crippen molar-refractivity contribution < 1.29 is 89.0 Å². The number of ether oxygens (including phenoxy) is 7. The van der Waals surface area contributed by atoms with Crippen molar-refractivity contribution in [2.24, 2.45) is 0 Å². The van der Waals surface area contributed by atoms with Gasteiger partial charge in [0.05, 0.1) is 41.3 Å². The van der Waals surface area contributed by atoms with Crippen LogP contribution in [0.5, 0.6) is 40.2 Å². The normalized spacial score (nSPS) is 10.6. The van der Waals surface area contributed by atoms with Crippen LogP contribution in [0.1, 0.15) is 278 Å². The Morgan fingerprint density at radius 2 is 0.493 bits per heavy atom. The molecule has 0 aliphatic carbocycles. The minimum atomic E-state index is -2.70. The Bertz CT molecular complexity index is 6370. The lowest BCUT2D eigenvalue weighted by Gasteiger charge is -2.18. The fourth-order valence-electron chi connectivity index (χ4n) is 15.4. The zero-order valence-electron chi connectivity index (χ0n) is 90.9. The number of halogens is 5. The Hall–Kier alpha value is -14.3. The van der Waals surface area contributed by atoms with Gasteiger partial charge in [0, 0.05) is 89.1 Å². The number of para-hydroxylation sites is 1. The predicted octanol–water partition coefficient (Wildman–Crippen LogP) is 30.2. The molecule has 148 heavy (non-hydrogen) atoms. The summed E-state index contributed by atoms with van der Waals surface area (Å²) in [5.41, 5.74) is 29.1. The van der Waals surface area contributed by atoms with Gasteiger partial charge in [-0.1, -0.05) is 160 Å². The molecule has 0 atom stereocenters. The van der Waals surface area contributed by atoms with Gasteiger partial charge >= 0.3 is 0 Å². The monoisotopic (exact) mass is 2030 g/mol. The summed E-state index contributed by atoms with van der Waals surface area (Å²) in [5, 5.41) is 26.8. The summed E-state index contributed by atoms with van der Waals surface area (Å²) in [6.45, 7) is 51.1. The lowest BCUT2D eigenvalue weighted by atomic mass is 10.0. The Morgan fingerprint density at radius 1 is 0.243 bits per heavy atom. The third-order valence-corrected chi connectivity index (χ3v) is 25.6. The zero-order chi connectivity index (χ0) is 109. The van der Waals surface area contributed by atoms with Gasteiger partial charge in [-0.3, -0.25) is 28.8 Å². The van der Waals surface area contributed by atoms with Crippen molar-refractivity contribution >= 4 is 69.6 Å². The van der Waals surface area contributed by atoms with Crippen LogP contribution in [0.25, 0.3) is 0 Å². The molecule has 0 spiro atoms. The molecule has 7 N–H and O–H groups in total. The highest BCUT2D eigenvalue weighted by Crippen LogP contribution is 2.39. The maximum atomic E-state index is 14.1. The quantitative estimate of drug-likeness (QED) is 0.0177. The fraction of sp³-hybridized carbons (Fsp3) is 0.366. The summed E-state index contributed by atoms with van der Waals surface area (Å²) >= 11 is 0. The highest BCUT2D eigenvalue weighted by atomic mass is 19.3. The van der Waals surface area contributed by atoms with Crippen LogP contribution in [0.4, 0.5) is 56.1 Å². The number of aryl methyl sites for hydroxylation is 18. The number of benzene rings is 12. The van der Waals surface area contributed by atoms with E-state index in [4.69, 9.17) is 33.2 Å². The summed E-state index contributed by atoms with van der Waals surface area (Å²) in [5.74, 6) is 3.50. The summed E-state index contributed by atoms with van der Waals surface area (Å²) in [6.07, 6.45) is 0.719. The molecule has 0 heterocycles. The molecule has 0 saturated heterocycles. The fourth-order valence-corrected chi connectivity index (χ4v) is 15.4. The maximum Gasteiger partial charge on any atom is 0.267 e. The molecule has 0 radical (unpaired) electrons. The molecule has 12 aromatic rings. The van der Waals surface area contributed by atoms with Gasteiger partial charge in [-0.2, -0.15) is 0 Å². The van der Waals surface area contributed by atoms with Crippen LogP contribution < -0.4 is 65.1 Å². The summed E-state index contributed by atoms with van der Waals surface area (Å²) in [4.78, 5) is 70.3. The number of aliphatic hydroxyl groups is 1. The number of anilines is 6. The van der Waals surface area contributed by atoms with Crippen LogP contribution in [-0.2, 0) is 101 Å². The summed E-state index contributed by atoms with van der Waals surface area (Å²) in [7, 11) is 0. The molecule has 0 aliphatic heterocycles. The number of carbonyl (C=O) groups is 6. The first kappa shape index (κ1) is 121. The van der Waals surface area contributed by atoms with Gasteiger partial charge in [0.2, 0.25) is 35.4 Å². The first-order valence-corrected chi connectivity index (χ1v) is 50.9. The molecular formula is C123H151F5N6O14. The molecule has 0 unspecified atom stereocenters. The Morgan fingerprint density at radius 3 is 0.831 bits per heavy atom. The number of rotatable bonds is 39. The topological polar surface area (TPSA) is 259 Å². The largest absolute Gasteiger partial charge is 0.493 e. The SMILES string of the molecule is CCC(=O)Nc1cccc(C)c1COc1cc(C)c(C)cc1CC.CCC(=O)Nc1cccc(C)c1COc1cc(C)c(C)cc1CC.CCC(=O)Nc1cccc(CO)c1COc1cc(C)c(C)cc1CC.CCC(=O)Nc1cccc(F)c1COc1cc(C)c(C)cc1C(F)F.CCC(=O)Nc1ccccc1COc1cc(C)c(C)cc1C(F)F.CCOc1cccc(NC(=O)CC)c1COc1cc(C)c(C)cc1CC. The first-order chi connectivity index (χ1) is 70.6. The molecule has 0 saturated carbocycles. The van der Waals surface area contributed by atoms with E-state index < -0.39 is 18.7 Å². The number of hydrogen-bond donors (Lipinski definition) is 7. The number of aliphatic hydroxyl groups excluding tert-OH is 1. The standard InChI is InChI=1S/C22H29NO3.C21H27NO3.2C21H27NO2.C19H20F3NO2.C19H21F2NO2/c1-6-17-12-15(4)16(5)13-21(17)26-14-18-19(23-22(24)7-2)10-9-11-20(18)25-8-3;1-5-16-10-14(3)15(4)11-20(16)25-13-18-17(12-23)8-7-9-19(18)22-21(24)6-2;2*1-6-17-11-15(4)16(5)12-20(17)24-13-18-14(3)9-8-10-19(18)22-21(23)7-2;1-4-18(24)23-16-7-5-6-15(20)14(16)10-25-17-9-12(3)11(2)8-13(17)19(21)22;1-4-18(23)22-16-8-6-5-7-14(16)11-24-17-10-13(3)12(2)9-15(17)19(20)21/h9-13H,6-8,14H2,1-5H3,(H,23,24);7-11,23H,5-6,12-13H2,1-4H3,(H,22,24);2*8-12H,6-7,13H2,1-5H3,(H,22,23);5-9,19H,4,10H2,1-3H3,(H,23,24);5-10,19H,4,11H2,1-3H3,(H,22,23). The van der Waals surface area contributed by atoms with Crippen molar-refractivity contribution in [3.8, 4) is 40.2 Å². The molecule has 0 fully saturated rings. The molecule has 0 aliphatic rings. The van der Waals surface area contributed by atoms with Crippen LogP contribution in [0, 0.1) is 103 Å². The van der Waals surface area contributed by atoms with Crippen molar-refractivity contribution in [2.45, 2.75) is 296 Å². The minimum Gasteiger partial charge on any atom is -0.493 e. The van der Waals surface area contributed by atoms with Gasteiger partial charge in [0.25, 0.3) is 12.9 Å². The second kappa shape index (κ2) is 60.7. The van der Waals surface area contributed by atoms with E-state index in [1.54, 1.807) is 65.0 Å². The van der Waals surface area contributed by atoms with Crippen molar-refractivity contribution in [1.29, 1.82) is 0 Å². The van der Waals surface area contributed by atoms with Gasteiger partial charge < -0.3 is 70.2 Å². The third-order valence-electron chi connectivity index (χ3n) is 25.6. The molecule has 25 heteroatoms. The molecule has 12 aromatic carbocycles. The third kappa shape index (κ3) is 36.1. The predicted molar refractivity (Wildman–Crippen MR) is 588 cm³/mol. The van der Waals surface area contributed by atoms with E-state index in [0.29, 0.717) is 76.5 Å². The molecule has 12 rings (SSSR count). The zero-order valence-corrected chi connectivity index (χ0v) is 90.9. The van der Waals surface area contributed by atoms with Crippen LogP contribution in [-0.4, -0.2) is 47.2 Å². The molecule has 792 valence electrons. The lowest BCUT2D eigenvalue weighted by Crippen LogP contribution is -2.13. The van der Waals surface area contributed by atoms with E-state index in [0.717, 1.165) is 144 Å². The molecular weight excluding hydrogens is 1880 g/mol. The second-order valence-electron chi connectivity index (χ2n) is 36.2. The van der Waals surface area contributed by atoms with E-state index in [2.05, 4.69) is 164 Å². The summed E-state index contributed by atoms with van der Waals surface area (Å²) < 4.78 is 108. The lowest BCUT2D eigenvalue weighted by molar-refractivity contribution is -0.116. The van der Waals surface area contributed by atoms with Crippen molar-refractivity contribution in [2.75, 3.05) is 38.5 Å². The van der Waals surface area contributed by atoms with E-state index in [1.165, 1.54) is 91.5 Å². The molecule has 20 nitrogen and oxygen atoms in total. The average molecular weight is 2030 g/mol. The number of carbonyl (C=O) groups excluding carboxylic acids is 6. The number of nitrogens with one attached hydrogen (secondary N) is 6. The van der Waals surface area contributed by atoms with Crippen LogP contribution in [0.15, 0.2) is 188 Å². The van der Waals surface area contributed by atoms with Crippen molar-refractivity contribution in [3.63, 3.8) is 0 Å². The highest BCUT2D eigenvalue weighted by molar-refractivity contribution is 5.95. The molecule has 6 amide bonds. The minimum absolute atomic E-state index is 0.00845. The van der Waals surface area contributed by atoms with Crippen LogP contribution in [0.2, 0.25) is 0 Å². The van der Waals surface area contributed by atoms with E-state index >= 15 is 0 Å². The van der Waals surface area contributed by atoms with E-state index in [1.807, 2.05) is 134 Å². The Balaban J connectivity index is 0.000000240. The molecule has 0 bridgehead atoms. The highest BCUT2D eigenvalue weighted by Gasteiger charge is 2.24. The van der Waals surface area contributed by atoms with Crippen LogP contribution >= 0.6 is 0 Å². The van der Waals surface area contributed by atoms with Gasteiger partial charge in [-0.05, 0) is 332 Å². The average Bonchev–Trinajstić information content (AvgIpc) is 0.844. The second-order valence-corrected chi connectivity index (χ2v) is 36.2. The Kier molecular flexibility index (Phi) is 49.5. The number of alkyl halides is 4.